The van der Waals surface area contributed by atoms with Gasteiger partial charge in [-0.05, 0) is 29.3 Å². The summed E-state index contributed by atoms with van der Waals surface area (Å²) in [6.07, 6.45) is 2.42. The van der Waals surface area contributed by atoms with Crippen molar-refractivity contribution in [2.45, 2.75) is 26.3 Å². The number of aromatic nitrogens is 1. The fraction of sp³-hybridized carbons (Fsp3) is 0.444. The molecule has 0 amide bonds. The third kappa shape index (κ3) is 3.16. The molecule has 1 aromatic heterocycles. The van der Waals surface area contributed by atoms with Crippen LogP contribution in [0.2, 0.25) is 0 Å². The molecular formula is C9H12BrN3O2. The first-order valence-electron chi connectivity index (χ1n) is 4.61. The van der Waals surface area contributed by atoms with Crippen LogP contribution < -0.4 is 5.32 Å². The van der Waals surface area contributed by atoms with E-state index in [9.17, 15) is 10.1 Å². The number of anilines is 1. The van der Waals surface area contributed by atoms with Crippen LogP contribution >= 0.6 is 15.9 Å². The van der Waals surface area contributed by atoms with Gasteiger partial charge in [-0.25, -0.2) is 4.98 Å². The van der Waals surface area contributed by atoms with E-state index in [1.165, 1.54) is 12.3 Å². The monoisotopic (exact) mass is 273 g/mol. The molecule has 1 N–H and O–H groups in total. The average molecular weight is 274 g/mol. The lowest BCUT2D eigenvalue weighted by atomic mass is 10.2. The Morgan fingerprint density at radius 2 is 2.40 bits per heavy atom. The maximum Gasteiger partial charge on any atom is 0.312 e. The van der Waals surface area contributed by atoms with Crippen LogP contribution in [0, 0.1) is 10.1 Å². The van der Waals surface area contributed by atoms with Crippen LogP contribution in [0.4, 0.5) is 11.5 Å². The van der Waals surface area contributed by atoms with E-state index in [1.807, 2.05) is 13.8 Å². The number of pyridine rings is 1. The lowest BCUT2D eigenvalue weighted by Gasteiger charge is -2.11. The van der Waals surface area contributed by atoms with E-state index in [2.05, 4.69) is 26.2 Å². The Morgan fingerprint density at radius 1 is 1.73 bits per heavy atom. The quantitative estimate of drug-likeness (QED) is 0.677. The van der Waals surface area contributed by atoms with Crippen LogP contribution in [0.15, 0.2) is 16.7 Å². The summed E-state index contributed by atoms with van der Waals surface area (Å²) in [4.78, 5) is 14.3. The molecule has 0 aliphatic carbocycles. The van der Waals surface area contributed by atoms with Crippen LogP contribution in [0.3, 0.4) is 0 Å². The van der Waals surface area contributed by atoms with Crippen LogP contribution in [0.5, 0.6) is 0 Å². The van der Waals surface area contributed by atoms with E-state index in [4.69, 9.17) is 0 Å². The highest BCUT2D eigenvalue weighted by Crippen LogP contribution is 2.25. The Bertz CT molecular complexity index is 370. The normalized spacial score (nSPS) is 12.2. The van der Waals surface area contributed by atoms with E-state index in [0.717, 1.165) is 6.42 Å². The van der Waals surface area contributed by atoms with Crippen LogP contribution in [0.25, 0.3) is 0 Å². The molecule has 0 saturated heterocycles. The number of hydrogen-bond donors (Lipinski definition) is 1. The van der Waals surface area contributed by atoms with Gasteiger partial charge in [-0.15, -0.1) is 0 Å². The highest BCUT2D eigenvalue weighted by Gasteiger charge is 2.16. The van der Waals surface area contributed by atoms with Gasteiger partial charge >= 0.3 is 5.69 Å². The first kappa shape index (κ1) is 11.9. The van der Waals surface area contributed by atoms with Crippen molar-refractivity contribution in [2.75, 3.05) is 5.32 Å². The smallest absolute Gasteiger partial charge is 0.312 e. The van der Waals surface area contributed by atoms with Crippen molar-refractivity contribution >= 4 is 27.4 Å². The molecule has 5 nitrogen and oxygen atoms in total. The highest BCUT2D eigenvalue weighted by molar-refractivity contribution is 9.10. The van der Waals surface area contributed by atoms with Gasteiger partial charge in [-0.1, -0.05) is 6.92 Å². The minimum Gasteiger partial charge on any atom is -0.362 e. The van der Waals surface area contributed by atoms with E-state index < -0.39 is 4.92 Å². The molecule has 1 aromatic rings. The Labute approximate surface area is 96.2 Å². The zero-order valence-corrected chi connectivity index (χ0v) is 10.1. The predicted octanol–water partition coefficient (Wildman–Crippen LogP) is 2.96. The minimum atomic E-state index is -0.442. The summed E-state index contributed by atoms with van der Waals surface area (Å²) in [5.41, 5.74) is -0.00956. The van der Waals surface area contributed by atoms with E-state index >= 15 is 0 Å². The summed E-state index contributed by atoms with van der Waals surface area (Å²) in [6.45, 7) is 3.95. The van der Waals surface area contributed by atoms with Gasteiger partial charge in [0.1, 0.15) is 0 Å². The summed E-state index contributed by atoms with van der Waals surface area (Å²) < 4.78 is 0.601. The van der Waals surface area contributed by atoms with Crippen LogP contribution in [0.1, 0.15) is 20.3 Å². The summed E-state index contributed by atoms with van der Waals surface area (Å²) in [5, 5.41) is 13.7. The molecule has 82 valence electrons. The molecule has 0 spiro atoms. The standard InChI is InChI=1S/C9H12BrN3O2/c1-3-6(2)12-9-8(13(14)15)4-7(10)5-11-9/h4-6H,3H2,1-2H3,(H,11,12). The lowest BCUT2D eigenvalue weighted by Crippen LogP contribution is -2.15. The Morgan fingerprint density at radius 3 is 2.93 bits per heavy atom. The third-order valence-corrected chi connectivity index (χ3v) is 2.46. The minimum absolute atomic E-state index is 0.00956. The third-order valence-electron chi connectivity index (χ3n) is 2.03. The number of nitrogens with zero attached hydrogens (tertiary/aromatic N) is 2. The summed E-state index contributed by atoms with van der Waals surface area (Å²) in [6, 6.07) is 1.61. The Balaban J connectivity index is 3.01. The van der Waals surface area contributed by atoms with Gasteiger partial charge in [0.2, 0.25) is 5.82 Å². The number of rotatable bonds is 4. The molecule has 15 heavy (non-hydrogen) atoms. The Kier molecular flexibility index (Phi) is 4.02. The molecule has 0 saturated carbocycles. The van der Waals surface area contributed by atoms with Crippen molar-refractivity contribution in [1.29, 1.82) is 0 Å². The number of halogens is 1. The number of hydrogen-bond acceptors (Lipinski definition) is 4. The maximum absolute atomic E-state index is 10.7. The molecule has 0 aliphatic heterocycles. The molecule has 1 heterocycles. The molecule has 1 rings (SSSR count). The van der Waals surface area contributed by atoms with Crippen molar-refractivity contribution in [2.24, 2.45) is 0 Å². The topological polar surface area (TPSA) is 68.1 Å². The molecule has 1 unspecified atom stereocenters. The second-order valence-electron chi connectivity index (χ2n) is 3.23. The van der Waals surface area contributed by atoms with Gasteiger partial charge in [-0.2, -0.15) is 0 Å². The van der Waals surface area contributed by atoms with Gasteiger partial charge in [0.05, 0.1) is 4.92 Å². The molecular weight excluding hydrogens is 262 g/mol. The second kappa shape index (κ2) is 5.06. The number of nitrogens with one attached hydrogen (secondary N) is 1. The maximum atomic E-state index is 10.7. The van der Waals surface area contributed by atoms with Gasteiger partial charge in [-0.3, -0.25) is 10.1 Å². The highest BCUT2D eigenvalue weighted by atomic mass is 79.9. The summed E-state index contributed by atoms with van der Waals surface area (Å²) in [7, 11) is 0. The Hall–Kier alpha value is -1.17. The van der Waals surface area contributed by atoms with Gasteiger partial charge in [0.25, 0.3) is 0 Å². The molecule has 0 bridgehead atoms. The van der Waals surface area contributed by atoms with E-state index in [0.29, 0.717) is 10.3 Å². The molecule has 6 heteroatoms. The predicted molar refractivity (Wildman–Crippen MR) is 62.0 cm³/mol. The van der Waals surface area contributed by atoms with Gasteiger partial charge in [0, 0.05) is 22.8 Å². The molecule has 0 aromatic carbocycles. The van der Waals surface area contributed by atoms with E-state index in [-0.39, 0.29) is 11.7 Å². The second-order valence-corrected chi connectivity index (χ2v) is 4.15. The van der Waals surface area contributed by atoms with Gasteiger partial charge < -0.3 is 5.32 Å². The van der Waals surface area contributed by atoms with Gasteiger partial charge in [0.15, 0.2) is 0 Å². The van der Waals surface area contributed by atoms with Crippen molar-refractivity contribution in [3.8, 4) is 0 Å². The van der Waals surface area contributed by atoms with Crippen molar-refractivity contribution < 1.29 is 4.92 Å². The summed E-state index contributed by atoms with van der Waals surface area (Å²) >= 11 is 3.15. The van der Waals surface area contributed by atoms with Crippen molar-refractivity contribution in [3.05, 3.63) is 26.9 Å². The van der Waals surface area contributed by atoms with Crippen LogP contribution in [-0.4, -0.2) is 15.9 Å². The molecule has 0 aliphatic rings. The molecule has 1 atom stereocenters. The average Bonchev–Trinajstić information content (AvgIpc) is 2.20. The zero-order valence-electron chi connectivity index (χ0n) is 8.53. The van der Waals surface area contributed by atoms with E-state index in [1.54, 1.807) is 0 Å². The largest absolute Gasteiger partial charge is 0.362 e. The molecule has 0 radical (unpaired) electrons. The van der Waals surface area contributed by atoms with Crippen molar-refractivity contribution in [1.82, 2.24) is 4.98 Å². The number of nitro groups is 1. The SMILES string of the molecule is CCC(C)Nc1ncc(Br)cc1[N+](=O)[O-]. The fourth-order valence-electron chi connectivity index (χ4n) is 1.01. The zero-order chi connectivity index (χ0) is 11.4. The first-order valence-corrected chi connectivity index (χ1v) is 5.40. The first-order chi connectivity index (χ1) is 7.04. The summed E-state index contributed by atoms with van der Waals surface area (Å²) in [5.74, 6) is 0.317. The lowest BCUT2D eigenvalue weighted by molar-refractivity contribution is -0.384. The van der Waals surface area contributed by atoms with Crippen LogP contribution in [-0.2, 0) is 0 Å². The van der Waals surface area contributed by atoms with Crippen molar-refractivity contribution in [3.63, 3.8) is 0 Å². The molecule has 0 fully saturated rings. The fourth-order valence-corrected chi connectivity index (χ4v) is 1.33.